The van der Waals surface area contributed by atoms with E-state index in [2.05, 4.69) is 5.32 Å². The quantitative estimate of drug-likeness (QED) is 0.873. The Morgan fingerprint density at radius 3 is 2.61 bits per heavy atom. The highest BCUT2D eigenvalue weighted by Gasteiger charge is 2.31. The fourth-order valence-electron chi connectivity index (χ4n) is 1.44. The van der Waals surface area contributed by atoms with Gasteiger partial charge in [-0.05, 0) is 31.5 Å². The molecule has 102 valence electrons. The van der Waals surface area contributed by atoms with Crippen LogP contribution < -0.4 is 5.32 Å². The second-order valence-electron chi connectivity index (χ2n) is 4.02. The normalized spacial score (nSPS) is 13.4. The Balaban J connectivity index is 2.81. The number of alkyl halides is 3. The average molecular weight is 282 g/mol. The van der Waals surface area contributed by atoms with Gasteiger partial charge >= 0.3 is 6.18 Å². The van der Waals surface area contributed by atoms with Crippen LogP contribution in [0, 0.1) is 0 Å². The minimum Gasteiger partial charge on any atom is -0.385 e. The van der Waals surface area contributed by atoms with Crippen molar-refractivity contribution in [1.82, 2.24) is 0 Å². The number of hydrogen-bond acceptors (Lipinski definition) is 2. The van der Waals surface area contributed by atoms with E-state index in [0.29, 0.717) is 13.0 Å². The first-order valence-corrected chi connectivity index (χ1v) is 5.84. The van der Waals surface area contributed by atoms with E-state index in [1.54, 1.807) is 7.11 Å². The van der Waals surface area contributed by atoms with Crippen LogP contribution in [0.2, 0.25) is 5.02 Å². The highest BCUT2D eigenvalue weighted by atomic mass is 35.5. The molecule has 0 aliphatic rings. The Morgan fingerprint density at radius 1 is 1.39 bits per heavy atom. The zero-order valence-electron chi connectivity index (χ0n) is 10.1. The summed E-state index contributed by atoms with van der Waals surface area (Å²) in [6.45, 7) is 2.39. The average Bonchev–Trinajstić information content (AvgIpc) is 2.28. The van der Waals surface area contributed by atoms with Crippen molar-refractivity contribution in [2.45, 2.75) is 25.6 Å². The van der Waals surface area contributed by atoms with Crippen molar-refractivity contribution in [2.75, 3.05) is 19.0 Å². The number of hydrogen-bond donors (Lipinski definition) is 1. The van der Waals surface area contributed by atoms with Crippen molar-refractivity contribution in [3.8, 4) is 0 Å². The maximum Gasteiger partial charge on any atom is 0.416 e. The Bertz CT molecular complexity index is 395. The standard InChI is InChI=1S/C12H15ClF3NO/c1-8(5-6-18-2)17-11-7-9(12(14,15)16)3-4-10(11)13/h3-4,7-8,17H,5-6H2,1-2H3. The maximum absolute atomic E-state index is 12.5. The van der Waals surface area contributed by atoms with Crippen LogP contribution in [0.3, 0.4) is 0 Å². The summed E-state index contributed by atoms with van der Waals surface area (Å²) in [4.78, 5) is 0. The van der Waals surface area contributed by atoms with E-state index >= 15 is 0 Å². The molecule has 0 amide bonds. The molecule has 1 N–H and O–H groups in total. The molecule has 1 rings (SSSR count). The molecular formula is C12H15ClF3NO. The minimum atomic E-state index is -4.36. The summed E-state index contributed by atoms with van der Waals surface area (Å²) in [5.74, 6) is 0. The molecule has 1 unspecified atom stereocenters. The Kier molecular flexibility index (Phi) is 5.28. The van der Waals surface area contributed by atoms with E-state index < -0.39 is 11.7 Å². The molecule has 0 saturated carbocycles. The fourth-order valence-corrected chi connectivity index (χ4v) is 1.62. The van der Waals surface area contributed by atoms with Gasteiger partial charge in [0.2, 0.25) is 0 Å². The molecule has 0 aliphatic heterocycles. The van der Waals surface area contributed by atoms with Gasteiger partial charge in [0.25, 0.3) is 0 Å². The van der Waals surface area contributed by atoms with Gasteiger partial charge in [-0.25, -0.2) is 0 Å². The zero-order chi connectivity index (χ0) is 13.8. The molecule has 0 bridgehead atoms. The highest BCUT2D eigenvalue weighted by Crippen LogP contribution is 2.34. The monoisotopic (exact) mass is 281 g/mol. The molecule has 0 spiro atoms. The molecule has 2 nitrogen and oxygen atoms in total. The molecule has 1 aromatic rings. The molecule has 0 aliphatic carbocycles. The predicted octanol–water partition coefficient (Wildman–Crippen LogP) is 4.20. The Labute approximate surface area is 109 Å². The number of nitrogens with one attached hydrogen (secondary N) is 1. The van der Waals surface area contributed by atoms with Gasteiger partial charge in [-0.1, -0.05) is 11.6 Å². The van der Waals surface area contributed by atoms with E-state index in [1.807, 2.05) is 6.92 Å². The van der Waals surface area contributed by atoms with Crippen LogP contribution in [-0.2, 0) is 10.9 Å². The Morgan fingerprint density at radius 2 is 2.06 bits per heavy atom. The zero-order valence-corrected chi connectivity index (χ0v) is 10.9. The van der Waals surface area contributed by atoms with Crippen molar-refractivity contribution in [2.24, 2.45) is 0 Å². The third-order valence-electron chi connectivity index (χ3n) is 2.45. The number of rotatable bonds is 5. The molecule has 0 fully saturated rings. The lowest BCUT2D eigenvalue weighted by molar-refractivity contribution is -0.137. The van der Waals surface area contributed by atoms with Gasteiger partial charge < -0.3 is 10.1 Å². The number of anilines is 1. The molecule has 1 atom stereocenters. The lowest BCUT2D eigenvalue weighted by Gasteiger charge is -2.17. The van der Waals surface area contributed by atoms with Gasteiger partial charge in [-0.15, -0.1) is 0 Å². The van der Waals surface area contributed by atoms with Gasteiger partial charge in [-0.2, -0.15) is 13.2 Å². The van der Waals surface area contributed by atoms with E-state index in [1.165, 1.54) is 6.07 Å². The second-order valence-corrected chi connectivity index (χ2v) is 4.43. The third-order valence-corrected chi connectivity index (χ3v) is 2.78. The molecular weight excluding hydrogens is 267 g/mol. The van der Waals surface area contributed by atoms with Gasteiger partial charge in [-0.3, -0.25) is 0 Å². The van der Waals surface area contributed by atoms with Crippen LogP contribution in [0.4, 0.5) is 18.9 Å². The molecule has 0 heterocycles. The number of ether oxygens (including phenoxy) is 1. The van der Waals surface area contributed by atoms with E-state index in [4.69, 9.17) is 16.3 Å². The van der Waals surface area contributed by atoms with Crippen molar-refractivity contribution in [3.05, 3.63) is 28.8 Å². The van der Waals surface area contributed by atoms with Crippen LogP contribution in [0.5, 0.6) is 0 Å². The highest BCUT2D eigenvalue weighted by molar-refractivity contribution is 6.33. The molecule has 0 saturated heterocycles. The summed E-state index contributed by atoms with van der Waals surface area (Å²) in [6.07, 6.45) is -3.68. The summed E-state index contributed by atoms with van der Waals surface area (Å²) in [7, 11) is 1.57. The van der Waals surface area contributed by atoms with E-state index in [0.717, 1.165) is 12.1 Å². The lowest BCUT2D eigenvalue weighted by Crippen LogP contribution is -2.18. The summed E-state index contributed by atoms with van der Waals surface area (Å²) in [5.41, 5.74) is -0.427. The lowest BCUT2D eigenvalue weighted by atomic mass is 10.1. The molecule has 1 aromatic carbocycles. The summed E-state index contributed by atoms with van der Waals surface area (Å²) >= 11 is 5.86. The first-order chi connectivity index (χ1) is 8.34. The number of methoxy groups -OCH3 is 1. The van der Waals surface area contributed by atoms with Crippen molar-refractivity contribution in [1.29, 1.82) is 0 Å². The maximum atomic E-state index is 12.5. The largest absolute Gasteiger partial charge is 0.416 e. The van der Waals surface area contributed by atoms with Gasteiger partial charge in [0, 0.05) is 19.8 Å². The van der Waals surface area contributed by atoms with Crippen molar-refractivity contribution in [3.63, 3.8) is 0 Å². The molecule has 18 heavy (non-hydrogen) atoms. The second kappa shape index (κ2) is 6.29. The van der Waals surface area contributed by atoms with E-state index in [-0.39, 0.29) is 16.8 Å². The van der Waals surface area contributed by atoms with Crippen LogP contribution >= 0.6 is 11.6 Å². The minimum absolute atomic E-state index is 0.0223. The first-order valence-electron chi connectivity index (χ1n) is 5.47. The fraction of sp³-hybridized carbons (Fsp3) is 0.500. The van der Waals surface area contributed by atoms with Crippen LogP contribution in [0.25, 0.3) is 0 Å². The SMILES string of the molecule is COCCC(C)Nc1cc(C(F)(F)F)ccc1Cl. The summed E-state index contributed by atoms with van der Waals surface area (Å²) in [6, 6.07) is 3.21. The third kappa shape index (κ3) is 4.38. The summed E-state index contributed by atoms with van der Waals surface area (Å²) < 4.78 is 42.6. The molecule has 0 aromatic heterocycles. The van der Waals surface area contributed by atoms with Gasteiger partial charge in [0.1, 0.15) is 0 Å². The van der Waals surface area contributed by atoms with Crippen LogP contribution in [0.15, 0.2) is 18.2 Å². The summed E-state index contributed by atoms with van der Waals surface area (Å²) in [5, 5.41) is 3.22. The number of halogens is 4. The van der Waals surface area contributed by atoms with Gasteiger partial charge in [0.05, 0.1) is 16.3 Å². The van der Waals surface area contributed by atoms with E-state index in [9.17, 15) is 13.2 Å². The molecule has 0 radical (unpaired) electrons. The first kappa shape index (κ1) is 15.1. The smallest absolute Gasteiger partial charge is 0.385 e. The Hall–Kier alpha value is -0.940. The van der Waals surface area contributed by atoms with Crippen LogP contribution in [0.1, 0.15) is 18.9 Å². The van der Waals surface area contributed by atoms with Crippen molar-refractivity contribution < 1.29 is 17.9 Å². The van der Waals surface area contributed by atoms with Crippen LogP contribution in [-0.4, -0.2) is 19.8 Å². The number of benzene rings is 1. The predicted molar refractivity (Wildman–Crippen MR) is 66.0 cm³/mol. The van der Waals surface area contributed by atoms with Gasteiger partial charge in [0.15, 0.2) is 0 Å². The topological polar surface area (TPSA) is 21.3 Å². The van der Waals surface area contributed by atoms with Crippen molar-refractivity contribution >= 4 is 17.3 Å². The molecule has 6 heteroatoms.